The van der Waals surface area contributed by atoms with Crippen molar-refractivity contribution in [2.75, 3.05) is 18.6 Å². The van der Waals surface area contributed by atoms with Crippen LogP contribution in [0.15, 0.2) is 18.2 Å². The number of benzene rings is 1. The molecule has 1 unspecified atom stereocenters. The highest BCUT2D eigenvalue weighted by Gasteiger charge is 2.07. The highest BCUT2D eigenvalue weighted by Crippen LogP contribution is 2.27. The molecule has 1 rings (SSSR count). The van der Waals surface area contributed by atoms with Gasteiger partial charge in [-0.25, -0.2) is 8.42 Å². The molecule has 0 radical (unpaired) electrons. The average molecular weight is 292 g/mol. The van der Waals surface area contributed by atoms with Crippen LogP contribution in [0, 0.1) is 0 Å². The zero-order valence-electron chi connectivity index (χ0n) is 10.5. The molecule has 0 spiro atoms. The van der Waals surface area contributed by atoms with Crippen LogP contribution < -0.4 is 10.5 Å². The van der Waals surface area contributed by atoms with Gasteiger partial charge in [0.05, 0.1) is 17.4 Å². The number of sulfone groups is 1. The van der Waals surface area contributed by atoms with Crippen LogP contribution in [0.2, 0.25) is 5.02 Å². The standard InChI is InChI=1S/C12H18ClNO3S/c1-9(14)10-4-5-12(11(13)8-10)17-6-3-7-18(2,15)16/h4-5,8-9H,3,6-7,14H2,1-2H3. The second-order valence-corrected chi connectivity index (χ2v) is 6.98. The highest BCUT2D eigenvalue weighted by atomic mass is 35.5. The molecule has 18 heavy (non-hydrogen) atoms. The predicted octanol–water partition coefficient (Wildman–Crippen LogP) is 2.17. The minimum Gasteiger partial charge on any atom is -0.492 e. The van der Waals surface area contributed by atoms with Crippen LogP contribution in [0.4, 0.5) is 0 Å². The van der Waals surface area contributed by atoms with Crippen molar-refractivity contribution in [3.63, 3.8) is 0 Å². The summed E-state index contributed by atoms with van der Waals surface area (Å²) in [4.78, 5) is 0. The van der Waals surface area contributed by atoms with E-state index < -0.39 is 9.84 Å². The van der Waals surface area contributed by atoms with Crippen molar-refractivity contribution in [1.82, 2.24) is 0 Å². The van der Waals surface area contributed by atoms with Crippen molar-refractivity contribution in [2.24, 2.45) is 5.73 Å². The summed E-state index contributed by atoms with van der Waals surface area (Å²) in [5, 5.41) is 0.490. The first kappa shape index (κ1) is 15.3. The molecular weight excluding hydrogens is 274 g/mol. The maximum atomic E-state index is 10.9. The second-order valence-electron chi connectivity index (χ2n) is 4.31. The number of nitrogens with two attached hydrogens (primary N) is 1. The molecule has 1 aromatic carbocycles. The smallest absolute Gasteiger partial charge is 0.147 e. The van der Waals surface area contributed by atoms with Crippen LogP contribution in [-0.4, -0.2) is 27.0 Å². The summed E-state index contributed by atoms with van der Waals surface area (Å²) in [5.74, 6) is 0.664. The summed E-state index contributed by atoms with van der Waals surface area (Å²) in [5.41, 5.74) is 6.67. The molecule has 0 bridgehead atoms. The first-order valence-corrected chi connectivity index (χ1v) is 8.09. The van der Waals surface area contributed by atoms with Gasteiger partial charge in [0.25, 0.3) is 0 Å². The summed E-state index contributed by atoms with van der Waals surface area (Å²) < 4.78 is 27.3. The highest BCUT2D eigenvalue weighted by molar-refractivity contribution is 7.90. The molecule has 0 aliphatic heterocycles. The van der Waals surface area contributed by atoms with E-state index in [2.05, 4.69) is 0 Å². The Balaban J connectivity index is 2.53. The van der Waals surface area contributed by atoms with Gasteiger partial charge in [0.2, 0.25) is 0 Å². The van der Waals surface area contributed by atoms with Crippen LogP contribution in [0.1, 0.15) is 24.9 Å². The molecule has 0 heterocycles. The van der Waals surface area contributed by atoms with Gasteiger partial charge < -0.3 is 10.5 Å². The lowest BCUT2D eigenvalue weighted by Gasteiger charge is -2.11. The Bertz CT molecular complexity index is 500. The minimum atomic E-state index is -2.94. The normalized spacial score (nSPS) is 13.3. The molecule has 0 fully saturated rings. The summed E-state index contributed by atoms with van der Waals surface area (Å²) >= 11 is 6.04. The number of ether oxygens (including phenoxy) is 1. The van der Waals surface area contributed by atoms with Gasteiger partial charge in [-0.15, -0.1) is 0 Å². The molecule has 0 saturated carbocycles. The van der Waals surface area contributed by atoms with E-state index in [1.807, 2.05) is 13.0 Å². The maximum Gasteiger partial charge on any atom is 0.147 e. The largest absolute Gasteiger partial charge is 0.492 e. The Kier molecular flexibility index (Phi) is 5.44. The van der Waals surface area contributed by atoms with Gasteiger partial charge in [0.15, 0.2) is 0 Å². The molecule has 6 heteroatoms. The summed E-state index contributed by atoms with van der Waals surface area (Å²) in [6.07, 6.45) is 1.65. The molecule has 0 amide bonds. The van der Waals surface area contributed by atoms with Gasteiger partial charge in [-0.05, 0) is 31.0 Å². The third kappa shape index (κ3) is 5.25. The molecule has 0 aromatic heterocycles. The van der Waals surface area contributed by atoms with E-state index in [0.717, 1.165) is 5.56 Å². The van der Waals surface area contributed by atoms with E-state index in [-0.39, 0.29) is 11.8 Å². The van der Waals surface area contributed by atoms with Crippen molar-refractivity contribution >= 4 is 21.4 Å². The van der Waals surface area contributed by atoms with Crippen molar-refractivity contribution in [3.8, 4) is 5.75 Å². The van der Waals surface area contributed by atoms with Gasteiger partial charge in [-0.3, -0.25) is 0 Å². The Morgan fingerprint density at radius 2 is 2.11 bits per heavy atom. The second kappa shape index (κ2) is 6.41. The molecule has 0 aliphatic rings. The van der Waals surface area contributed by atoms with E-state index in [1.165, 1.54) is 6.26 Å². The van der Waals surface area contributed by atoms with Crippen LogP contribution in [-0.2, 0) is 9.84 Å². The SMILES string of the molecule is CC(N)c1ccc(OCCCS(C)(=O)=O)c(Cl)c1. The van der Waals surface area contributed by atoms with Gasteiger partial charge in [0, 0.05) is 12.3 Å². The summed E-state index contributed by atoms with van der Waals surface area (Å²) in [6.45, 7) is 2.20. The van der Waals surface area contributed by atoms with E-state index in [4.69, 9.17) is 22.1 Å². The fraction of sp³-hybridized carbons (Fsp3) is 0.500. The number of hydrogen-bond donors (Lipinski definition) is 1. The third-order valence-electron chi connectivity index (χ3n) is 2.40. The third-order valence-corrected chi connectivity index (χ3v) is 3.72. The molecule has 4 nitrogen and oxygen atoms in total. The van der Waals surface area contributed by atoms with Crippen LogP contribution in [0.25, 0.3) is 0 Å². The Morgan fingerprint density at radius 1 is 1.44 bits per heavy atom. The van der Waals surface area contributed by atoms with Gasteiger partial charge in [0.1, 0.15) is 15.6 Å². The number of halogens is 1. The molecular formula is C12H18ClNO3S. The zero-order valence-corrected chi connectivity index (χ0v) is 12.1. The van der Waals surface area contributed by atoms with E-state index in [0.29, 0.717) is 23.8 Å². The lowest BCUT2D eigenvalue weighted by atomic mass is 10.1. The minimum absolute atomic E-state index is 0.0817. The number of hydrogen-bond acceptors (Lipinski definition) is 4. The molecule has 102 valence electrons. The monoisotopic (exact) mass is 291 g/mol. The molecule has 2 N–H and O–H groups in total. The van der Waals surface area contributed by atoms with Crippen molar-refractivity contribution < 1.29 is 13.2 Å². The fourth-order valence-electron chi connectivity index (χ4n) is 1.42. The first-order chi connectivity index (χ1) is 8.29. The van der Waals surface area contributed by atoms with Gasteiger partial charge >= 0.3 is 0 Å². The topological polar surface area (TPSA) is 69.4 Å². The van der Waals surface area contributed by atoms with Gasteiger partial charge in [-0.2, -0.15) is 0 Å². The number of rotatable bonds is 6. The Labute approximate surface area is 113 Å². The van der Waals surface area contributed by atoms with Crippen LogP contribution >= 0.6 is 11.6 Å². The Morgan fingerprint density at radius 3 is 2.61 bits per heavy atom. The summed E-state index contributed by atoms with van der Waals surface area (Å²) in [6, 6.07) is 5.28. The van der Waals surface area contributed by atoms with E-state index in [9.17, 15) is 8.42 Å². The lowest BCUT2D eigenvalue weighted by Crippen LogP contribution is -2.08. The molecule has 1 aromatic rings. The zero-order chi connectivity index (χ0) is 13.8. The van der Waals surface area contributed by atoms with E-state index in [1.54, 1.807) is 12.1 Å². The molecule has 1 atom stereocenters. The fourth-order valence-corrected chi connectivity index (χ4v) is 2.31. The van der Waals surface area contributed by atoms with Crippen LogP contribution in [0.3, 0.4) is 0 Å². The van der Waals surface area contributed by atoms with Crippen LogP contribution in [0.5, 0.6) is 5.75 Å². The summed E-state index contributed by atoms with van der Waals surface area (Å²) in [7, 11) is -2.94. The maximum absolute atomic E-state index is 10.9. The quantitative estimate of drug-likeness (QED) is 0.816. The van der Waals surface area contributed by atoms with Gasteiger partial charge in [-0.1, -0.05) is 17.7 Å². The van der Waals surface area contributed by atoms with E-state index >= 15 is 0 Å². The van der Waals surface area contributed by atoms with Crippen molar-refractivity contribution in [1.29, 1.82) is 0 Å². The van der Waals surface area contributed by atoms with Crippen molar-refractivity contribution in [3.05, 3.63) is 28.8 Å². The Hall–Kier alpha value is -0.780. The predicted molar refractivity (Wildman–Crippen MR) is 73.9 cm³/mol. The lowest BCUT2D eigenvalue weighted by molar-refractivity contribution is 0.318. The van der Waals surface area contributed by atoms with Crippen molar-refractivity contribution in [2.45, 2.75) is 19.4 Å². The first-order valence-electron chi connectivity index (χ1n) is 5.65. The average Bonchev–Trinajstić information content (AvgIpc) is 2.24. The molecule has 0 saturated heterocycles. The molecule has 0 aliphatic carbocycles.